The number of nitrogens with one attached hydrogen (secondary N) is 2. The molecule has 28 heavy (non-hydrogen) atoms. The first-order valence-electron chi connectivity index (χ1n) is 9.64. The summed E-state index contributed by atoms with van der Waals surface area (Å²) in [6.07, 6.45) is 3.82. The number of anilines is 1. The second-order valence-corrected chi connectivity index (χ2v) is 7.25. The second kappa shape index (κ2) is 8.10. The van der Waals surface area contributed by atoms with Crippen LogP contribution in [0.5, 0.6) is 0 Å². The number of para-hydroxylation sites is 1. The lowest BCUT2D eigenvalue weighted by Gasteiger charge is -2.30. The molecule has 0 radical (unpaired) electrons. The van der Waals surface area contributed by atoms with Gasteiger partial charge in [0.25, 0.3) is 5.91 Å². The van der Waals surface area contributed by atoms with Crippen LogP contribution < -0.4 is 10.6 Å². The van der Waals surface area contributed by atoms with Crippen LogP contribution in [0.25, 0.3) is 10.9 Å². The van der Waals surface area contributed by atoms with E-state index in [1.807, 2.05) is 24.3 Å². The molecule has 1 heterocycles. The lowest BCUT2D eigenvalue weighted by Crippen LogP contribution is -2.40. The molecule has 1 amide bonds. The normalized spacial score (nSPS) is 19.0. The van der Waals surface area contributed by atoms with Crippen LogP contribution in [0.2, 0.25) is 0 Å². The van der Waals surface area contributed by atoms with Gasteiger partial charge in [-0.1, -0.05) is 24.3 Å². The van der Waals surface area contributed by atoms with Crippen LogP contribution in [0.3, 0.4) is 0 Å². The Morgan fingerprint density at radius 1 is 0.964 bits per heavy atom. The number of carbonyl (C=O) groups is 1. The van der Waals surface area contributed by atoms with E-state index < -0.39 is 0 Å². The molecule has 0 spiro atoms. The maximum Gasteiger partial charge on any atom is 0.251 e. The molecule has 0 aliphatic heterocycles. The van der Waals surface area contributed by atoms with E-state index in [1.54, 1.807) is 24.3 Å². The van der Waals surface area contributed by atoms with Crippen molar-refractivity contribution in [1.82, 2.24) is 10.3 Å². The number of fused-ring (bicyclic) bond motifs is 1. The van der Waals surface area contributed by atoms with Crippen LogP contribution in [0.1, 0.15) is 41.6 Å². The maximum atomic E-state index is 12.4. The van der Waals surface area contributed by atoms with E-state index in [9.17, 15) is 4.79 Å². The average Bonchev–Trinajstić information content (AvgIpc) is 2.75. The van der Waals surface area contributed by atoms with Crippen LogP contribution in [0.4, 0.5) is 5.82 Å². The Labute approximate surface area is 164 Å². The summed E-state index contributed by atoms with van der Waals surface area (Å²) in [5.41, 5.74) is 2.04. The third kappa shape index (κ3) is 4.12. The molecule has 140 valence electrons. The minimum atomic E-state index is -0.107. The highest BCUT2D eigenvalue weighted by Gasteiger charge is 2.23. The maximum absolute atomic E-state index is 12.4. The van der Waals surface area contributed by atoms with Gasteiger partial charge < -0.3 is 10.6 Å². The highest BCUT2D eigenvalue weighted by Crippen LogP contribution is 2.23. The molecule has 4 rings (SSSR count). The van der Waals surface area contributed by atoms with Crippen molar-refractivity contribution >= 4 is 22.6 Å². The molecule has 2 aromatic carbocycles. The molecule has 2 N–H and O–H groups in total. The zero-order valence-electron chi connectivity index (χ0n) is 15.6. The van der Waals surface area contributed by atoms with E-state index in [0.29, 0.717) is 17.2 Å². The zero-order valence-corrected chi connectivity index (χ0v) is 15.6. The number of benzene rings is 2. The van der Waals surface area contributed by atoms with Crippen molar-refractivity contribution in [3.05, 3.63) is 71.8 Å². The summed E-state index contributed by atoms with van der Waals surface area (Å²) in [4.78, 5) is 17.1. The summed E-state index contributed by atoms with van der Waals surface area (Å²) < 4.78 is 0. The summed E-state index contributed by atoms with van der Waals surface area (Å²) in [5, 5.41) is 16.8. The van der Waals surface area contributed by atoms with Gasteiger partial charge >= 0.3 is 0 Å². The largest absolute Gasteiger partial charge is 0.367 e. The van der Waals surface area contributed by atoms with Crippen LogP contribution in [-0.2, 0) is 0 Å². The van der Waals surface area contributed by atoms with Crippen molar-refractivity contribution < 1.29 is 4.79 Å². The highest BCUT2D eigenvalue weighted by molar-refractivity contribution is 5.94. The number of hydrogen-bond donors (Lipinski definition) is 2. The van der Waals surface area contributed by atoms with Gasteiger partial charge in [-0.2, -0.15) is 5.26 Å². The van der Waals surface area contributed by atoms with Crippen molar-refractivity contribution in [1.29, 1.82) is 5.26 Å². The molecular formula is C23H22N4O. The molecule has 1 fully saturated rings. The quantitative estimate of drug-likeness (QED) is 0.719. The summed E-state index contributed by atoms with van der Waals surface area (Å²) in [6, 6.07) is 21.6. The molecule has 1 aromatic heterocycles. The summed E-state index contributed by atoms with van der Waals surface area (Å²) in [6.45, 7) is 0. The molecule has 1 aliphatic carbocycles. The Kier molecular flexibility index (Phi) is 5.20. The van der Waals surface area contributed by atoms with Crippen molar-refractivity contribution in [3.63, 3.8) is 0 Å². The van der Waals surface area contributed by atoms with Crippen molar-refractivity contribution in [2.24, 2.45) is 0 Å². The first kappa shape index (κ1) is 18.0. The van der Waals surface area contributed by atoms with Crippen LogP contribution in [0, 0.1) is 11.3 Å². The Morgan fingerprint density at radius 2 is 1.75 bits per heavy atom. The second-order valence-electron chi connectivity index (χ2n) is 7.25. The summed E-state index contributed by atoms with van der Waals surface area (Å²) >= 11 is 0. The highest BCUT2D eigenvalue weighted by atomic mass is 16.1. The Morgan fingerprint density at radius 3 is 2.57 bits per heavy atom. The van der Waals surface area contributed by atoms with Gasteiger partial charge in [0.15, 0.2) is 0 Å². The van der Waals surface area contributed by atoms with Crippen LogP contribution in [0.15, 0.2) is 60.7 Å². The van der Waals surface area contributed by atoms with Crippen LogP contribution in [-0.4, -0.2) is 23.0 Å². The first-order valence-corrected chi connectivity index (χ1v) is 9.64. The van der Waals surface area contributed by atoms with Gasteiger partial charge in [0.1, 0.15) is 5.82 Å². The molecule has 1 aliphatic rings. The SMILES string of the molecule is N#Cc1cccc(C(=O)NC2CCC(Nc3ccc4ccccc4n3)CC2)c1. The van der Waals surface area contributed by atoms with E-state index >= 15 is 0 Å². The number of rotatable bonds is 4. The van der Waals surface area contributed by atoms with E-state index in [-0.39, 0.29) is 11.9 Å². The molecule has 3 aromatic rings. The topological polar surface area (TPSA) is 77.8 Å². The van der Waals surface area contributed by atoms with Crippen molar-refractivity contribution in [3.8, 4) is 6.07 Å². The van der Waals surface area contributed by atoms with Gasteiger partial charge in [0.05, 0.1) is 17.1 Å². The van der Waals surface area contributed by atoms with Gasteiger partial charge in [-0.05, 0) is 62.1 Å². The lowest BCUT2D eigenvalue weighted by molar-refractivity contribution is 0.0926. The fourth-order valence-corrected chi connectivity index (χ4v) is 3.74. The molecular weight excluding hydrogens is 348 g/mol. The Balaban J connectivity index is 1.31. The molecule has 0 unspecified atom stereocenters. The third-order valence-electron chi connectivity index (χ3n) is 5.27. The molecule has 0 bridgehead atoms. The van der Waals surface area contributed by atoms with Gasteiger partial charge in [0.2, 0.25) is 0 Å². The number of nitriles is 1. The molecule has 0 atom stereocenters. The standard InChI is InChI=1S/C23H22N4O/c24-15-16-4-3-6-18(14-16)23(28)26-20-11-9-19(10-12-20)25-22-13-8-17-5-1-2-7-21(17)27-22/h1-8,13-14,19-20H,9-12H2,(H,25,27)(H,26,28). The molecule has 1 saturated carbocycles. The number of hydrogen-bond acceptors (Lipinski definition) is 4. The van der Waals surface area contributed by atoms with Gasteiger partial charge in [0, 0.05) is 23.0 Å². The van der Waals surface area contributed by atoms with E-state index in [0.717, 1.165) is 42.4 Å². The Bertz CT molecular complexity index is 1030. The average molecular weight is 370 g/mol. The van der Waals surface area contributed by atoms with Crippen molar-refractivity contribution in [2.75, 3.05) is 5.32 Å². The first-order chi connectivity index (χ1) is 13.7. The molecule has 0 saturated heterocycles. The minimum Gasteiger partial charge on any atom is -0.367 e. The van der Waals surface area contributed by atoms with Crippen LogP contribution >= 0.6 is 0 Å². The fraction of sp³-hybridized carbons (Fsp3) is 0.261. The lowest BCUT2D eigenvalue weighted by atomic mass is 9.91. The zero-order chi connectivity index (χ0) is 19.3. The smallest absolute Gasteiger partial charge is 0.251 e. The van der Waals surface area contributed by atoms with Gasteiger partial charge in [-0.15, -0.1) is 0 Å². The predicted octanol–water partition coefficient (Wildman–Crippen LogP) is 4.26. The number of nitrogens with zero attached hydrogens (tertiary/aromatic N) is 2. The monoisotopic (exact) mass is 370 g/mol. The van der Waals surface area contributed by atoms with E-state index in [2.05, 4.69) is 33.8 Å². The fourth-order valence-electron chi connectivity index (χ4n) is 3.74. The third-order valence-corrected chi connectivity index (χ3v) is 5.27. The minimum absolute atomic E-state index is 0.107. The summed E-state index contributed by atoms with van der Waals surface area (Å²) in [5.74, 6) is 0.796. The van der Waals surface area contributed by atoms with Gasteiger partial charge in [-0.3, -0.25) is 4.79 Å². The number of aromatic nitrogens is 1. The van der Waals surface area contributed by atoms with Gasteiger partial charge in [-0.25, -0.2) is 4.98 Å². The predicted molar refractivity (Wildman–Crippen MR) is 110 cm³/mol. The number of pyridine rings is 1. The molecule has 5 heteroatoms. The number of carbonyl (C=O) groups excluding carboxylic acids is 1. The van der Waals surface area contributed by atoms with E-state index in [4.69, 9.17) is 5.26 Å². The van der Waals surface area contributed by atoms with Crippen molar-refractivity contribution in [2.45, 2.75) is 37.8 Å². The molecule has 5 nitrogen and oxygen atoms in total. The summed E-state index contributed by atoms with van der Waals surface area (Å²) in [7, 11) is 0. The number of amides is 1. The Hall–Kier alpha value is -3.39. The van der Waals surface area contributed by atoms with E-state index in [1.165, 1.54) is 0 Å².